The zero-order valence-corrected chi connectivity index (χ0v) is 17.0. The first-order chi connectivity index (χ1) is 13.7. The molecule has 1 fully saturated rings. The molecule has 2 heterocycles. The number of hydrogen-bond acceptors (Lipinski definition) is 6. The maximum absolute atomic E-state index is 12.6. The minimum atomic E-state index is -1.10. The third kappa shape index (κ3) is 3.94. The molecule has 1 N–H and O–H groups in total. The Balaban J connectivity index is 1.62. The minimum absolute atomic E-state index is 0.0448. The molecule has 4 unspecified atom stereocenters. The van der Waals surface area contributed by atoms with E-state index in [-0.39, 0.29) is 17.9 Å². The number of fused-ring (bicyclic) bond motifs is 1. The van der Waals surface area contributed by atoms with Gasteiger partial charge >= 0.3 is 5.97 Å². The summed E-state index contributed by atoms with van der Waals surface area (Å²) in [5.74, 6) is -2.37. The van der Waals surface area contributed by atoms with Crippen LogP contribution in [-0.2, 0) is 23.9 Å². The van der Waals surface area contributed by atoms with Crippen molar-refractivity contribution >= 4 is 29.5 Å². The van der Waals surface area contributed by atoms with Crippen LogP contribution in [0.5, 0.6) is 0 Å². The summed E-state index contributed by atoms with van der Waals surface area (Å²) < 4.78 is 6.87. The van der Waals surface area contributed by atoms with Crippen LogP contribution in [0.1, 0.15) is 46.6 Å². The molecular weight excluding hydrogens is 376 g/mol. The predicted molar refractivity (Wildman–Crippen MR) is 103 cm³/mol. The van der Waals surface area contributed by atoms with Gasteiger partial charge in [0.25, 0.3) is 5.91 Å². The molecule has 4 atom stereocenters. The van der Waals surface area contributed by atoms with Crippen LogP contribution in [0, 0.1) is 11.8 Å². The number of ether oxygens (including phenoxy) is 1. The molecule has 0 spiro atoms. The molecule has 3 amide bonds. The SMILES string of the molecule is CC(OC(=O)C(C)N1C(=O)C2CC=CCC2C1=O)C(=O)Nc1ccnn1C(C)C. The fraction of sp³-hybridized carbons (Fsp3) is 0.550. The smallest absolute Gasteiger partial charge is 0.329 e. The second-order valence-corrected chi connectivity index (χ2v) is 7.70. The van der Waals surface area contributed by atoms with Crippen molar-refractivity contribution in [2.24, 2.45) is 11.8 Å². The van der Waals surface area contributed by atoms with Crippen molar-refractivity contribution in [3.8, 4) is 0 Å². The fourth-order valence-electron chi connectivity index (χ4n) is 3.69. The van der Waals surface area contributed by atoms with E-state index in [1.807, 2.05) is 26.0 Å². The lowest BCUT2D eigenvalue weighted by atomic mass is 9.85. The topological polar surface area (TPSA) is 111 Å². The first-order valence-corrected chi connectivity index (χ1v) is 9.79. The first kappa shape index (κ1) is 20.8. The first-order valence-electron chi connectivity index (χ1n) is 9.79. The predicted octanol–water partition coefficient (Wildman–Crippen LogP) is 1.67. The Kier molecular flexibility index (Phi) is 5.86. The summed E-state index contributed by atoms with van der Waals surface area (Å²) in [4.78, 5) is 51.1. The van der Waals surface area contributed by atoms with E-state index in [0.29, 0.717) is 18.7 Å². The van der Waals surface area contributed by atoms with E-state index in [0.717, 1.165) is 4.90 Å². The van der Waals surface area contributed by atoms with E-state index < -0.39 is 35.9 Å². The van der Waals surface area contributed by atoms with Gasteiger partial charge in [0.1, 0.15) is 11.9 Å². The van der Waals surface area contributed by atoms with Crippen LogP contribution >= 0.6 is 0 Å². The lowest BCUT2D eigenvalue weighted by molar-refractivity contribution is -0.163. The summed E-state index contributed by atoms with van der Waals surface area (Å²) in [6.07, 6.45) is 5.22. The zero-order valence-electron chi connectivity index (χ0n) is 17.0. The zero-order chi connectivity index (χ0) is 21.3. The number of carbonyl (C=O) groups is 4. The Morgan fingerprint density at radius 3 is 2.24 bits per heavy atom. The van der Waals surface area contributed by atoms with Gasteiger partial charge in [0, 0.05) is 12.1 Å². The summed E-state index contributed by atoms with van der Waals surface area (Å²) in [5, 5.41) is 6.80. The summed E-state index contributed by atoms with van der Waals surface area (Å²) in [5.41, 5.74) is 0. The van der Waals surface area contributed by atoms with Gasteiger partial charge in [-0.25, -0.2) is 9.48 Å². The van der Waals surface area contributed by atoms with Crippen LogP contribution in [-0.4, -0.2) is 50.5 Å². The largest absolute Gasteiger partial charge is 0.451 e. The normalized spacial score (nSPS) is 23.1. The van der Waals surface area contributed by atoms with Crippen LogP contribution in [0.15, 0.2) is 24.4 Å². The van der Waals surface area contributed by atoms with Gasteiger partial charge in [-0.05, 0) is 40.5 Å². The molecule has 9 nitrogen and oxygen atoms in total. The third-order valence-corrected chi connectivity index (χ3v) is 5.34. The van der Waals surface area contributed by atoms with E-state index in [4.69, 9.17) is 4.74 Å². The van der Waals surface area contributed by atoms with E-state index in [1.165, 1.54) is 13.8 Å². The summed E-state index contributed by atoms with van der Waals surface area (Å²) in [6.45, 7) is 6.73. The highest BCUT2D eigenvalue weighted by molar-refractivity contribution is 6.08. The molecule has 3 rings (SSSR count). The van der Waals surface area contributed by atoms with Crippen molar-refractivity contribution in [2.45, 2.75) is 58.7 Å². The lowest BCUT2D eigenvalue weighted by Crippen LogP contribution is -2.46. The number of anilines is 1. The van der Waals surface area contributed by atoms with Crippen molar-refractivity contribution in [1.82, 2.24) is 14.7 Å². The Hall–Kier alpha value is -2.97. The summed E-state index contributed by atoms with van der Waals surface area (Å²) >= 11 is 0. The second-order valence-electron chi connectivity index (χ2n) is 7.70. The molecule has 29 heavy (non-hydrogen) atoms. The average molecular weight is 402 g/mol. The maximum Gasteiger partial charge on any atom is 0.329 e. The molecule has 1 aliphatic heterocycles. The number of rotatable bonds is 6. The molecule has 1 aromatic heterocycles. The molecular formula is C20H26N4O5. The number of allylic oxidation sites excluding steroid dienone is 2. The Bertz CT molecular complexity index is 833. The number of nitrogens with one attached hydrogen (secondary N) is 1. The van der Waals surface area contributed by atoms with Gasteiger partial charge in [0.2, 0.25) is 11.8 Å². The number of likely N-dealkylation sites (tertiary alicyclic amines) is 1. The standard InChI is InChI=1S/C20H26N4O5/c1-11(2)24-16(9-10-21-24)22-17(25)13(4)29-20(28)12(3)23-18(26)14-7-5-6-8-15(14)19(23)27/h5-6,9-15H,7-8H2,1-4H3,(H,22,25). The van der Waals surface area contributed by atoms with E-state index in [2.05, 4.69) is 10.4 Å². The summed E-state index contributed by atoms with van der Waals surface area (Å²) in [7, 11) is 0. The van der Waals surface area contributed by atoms with Crippen molar-refractivity contribution < 1.29 is 23.9 Å². The number of nitrogens with zero attached hydrogens (tertiary/aromatic N) is 3. The van der Waals surface area contributed by atoms with E-state index in [9.17, 15) is 19.2 Å². The van der Waals surface area contributed by atoms with E-state index >= 15 is 0 Å². The molecule has 9 heteroatoms. The van der Waals surface area contributed by atoms with Crippen LogP contribution < -0.4 is 5.32 Å². The number of aromatic nitrogens is 2. The molecule has 0 saturated carbocycles. The Labute approximate surface area is 169 Å². The van der Waals surface area contributed by atoms with Gasteiger partial charge in [-0.15, -0.1) is 0 Å². The molecule has 0 bridgehead atoms. The van der Waals surface area contributed by atoms with Crippen molar-refractivity contribution in [2.75, 3.05) is 5.32 Å². The van der Waals surface area contributed by atoms with Crippen LogP contribution in [0.3, 0.4) is 0 Å². The molecule has 1 saturated heterocycles. The Morgan fingerprint density at radius 1 is 1.10 bits per heavy atom. The van der Waals surface area contributed by atoms with Crippen molar-refractivity contribution in [1.29, 1.82) is 0 Å². The number of amides is 3. The highest BCUT2D eigenvalue weighted by Gasteiger charge is 2.50. The van der Waals surface area contributed by atoms with Crippen LogP contribution in [0.2, 0.25) is 0 Å². The average Bonchev–Trinajstić information content (AvgIpc) is 3.24. The lowest BCUT2D eigenvalue weighted by Gasteiger charge is -2.23. The number of carbonyl (C=O) groups excluding carboxylic acids is 4. The molecule has 156 valence electrons. The Morgan fingerprint density at radius 2 is 1.69 bits per heavy atom. The summed E-state index contributed by atoms with van der Waals surface area (Å²) in [6, 6.07) is 0.604. The third-order valence-electron chi connectivity index (χ3n) is 5.34. The highest BCUT2D eigenvalue weighted by Crippen LogP contribution is 2.36. The quantitative estimate of drug-likeness (QED) is 0.440. The van der Waals surface area contributed by atoms with Crippen LogP contribution in [0.25, 0.3) is 0 Å². The number of esters is 1. The molecule has 1 aromatic rings. The van der Waals surface area contributed by atoms with Crippen molar-refractivity contribution in [3.05, 3.63) is 24.4 Å². The molecule has 1 aliphatic carbocycles. The number of imide groups is 1. The van der Waals surface area contributed by atoms with Crippen LogP contribution in [0.4, 0.5) is 5.82 Å². The molecule has 0 radical (unpaired) electrons. The van der Waals surface area contributed by atoms with Gasteiger partial charge < -0.3 is 10.1 Å². The molecule has 0 aromatic carbocycles. The highest BCUT2D eigenvalue weighted by atomic mass is 16.5. The second kappa shape index (κ2) is 8.18. The van der Waals surface area contributed by atoms with Gasteiger partial charge in [-0.3, -0.25) is 19.3 Å². The van der Waals surface area contributed by atoms with Gasteiger partial charge in [0.05, 0.1) is 18.0 Å². The van der Waals surface area contributed by atoms with Gasteiger partial charge in [0.15, 0.2) is 6.10 Å². The van der Waals surface area contributed by atoms with Crippen molar-refractivity contribution in [3.63, 3.8) is 0 Å². The maximum atomic E-state index is 12.6. The molecule has 2 aliphatic rings. The minimum Gasteiger partial charge on any atom is -0.451 e. The van der Waals surface area contributed by atoms with Gasteiger partial charge in [-0.1, -0.05) is 12.2 Å². The monoisotopic (exact) mass is 402 g/mol. The number of hydrogen-bond donors (Lipinski definition) is 1. The fourth-order valence-corrected chi connectivity index (χ4v) is 3.69. The van der Waals surface area contributed by atoms with E-state index in [1.54, 1.807) is 16.9 Å². The van der Waals surface area contributed by atoms with Gasteiger partial charge in [-0.2, -0.15) is 5.10 Å².